The molecule has 21 heavy (non-hydrogen) atoms. The fourth-order valence-corrected chi connectivity index (χ4v) is 2.56. The van der Waals surface area contributed by atoms with Crippen LogP contribution in [0.15, 0.2) is 36.4 Å². The van der Waals surface area contributed by atoms with Gasteiger partial charge >= 0.3 is 6.18 Å². The second kappa shape index (κ2) is 4.60. The van der Waals surface area contributed by atoms with E-state index in [2.05, 4.69) is 10.4 Å². The van der Waals surface area contributed by atoms with E-state index in [4.69, 9.17) is 5.84 Å². The quantitative estimate of drug-likeness (QED) is 0.405. The zero-order valence-corrected chi connectivity index (χ0v) is 11.1. The molecule has 0 amide bonds. The molecule has 108 valence electrons. The summed E-state index contributed by atoms with van der Waals surface area (Å²) in [5.41, 5.74) is 1.99. The van der Waals surface area contributed by atoms with E-state index in [9.17, 15) is 13.2 Å². The van der Waals surface area contributed by atoms with Crippen molar-refractivity contribution in [3.8, 4) is 0 Å². The number of alkyl halides is 3. The fourth-order valence-electron chi connectivity index (χ4n) is 2.56. The summed E-state index contributed by atoms with van der Waals surface area (Å²) in [5.74, 6) is 5.43. The fraction of sp³-hybridized carbons (Fsp3) is 0.133. The average Bonchev–Trinajstić information content (AvgIpc) is 2.45. The third-order valence-electron chi connectivity index (χ3n) is 3.54. The number of nitrogen functional groups attached to an aromatic ring is 1. The van der Waals surface area contributed by atoms with Gasteiger partial charge in [-0.05, 0) is 12.3 Å². The number of nitrogens with one attached hydrogen (secondary N) is 1. The highest BCUT2D eigenvalue weighted by Crippen LogP contribution is 2.38. The smallest absolute Gasteiger partial charge is 0.323 e. The molecule has 0 aliphatic rings. The number of hydrogen-bond acceptors (Lipinski definition) is 3. The molecule has 3 rings (SSSR count). The number of halogens is 3. The Hall–Kier alpha value is -2.34. The van der Waals surface area contributed by atoms with Gasteiger partial charge in [0.2, 0.25) is 0 Å². The van der Waals surface area contributed by atoms with Gasteiger partial charge in [-0.25, -0.2) is 4.98 Å². The minimum atomic E-state index is -4.53. The van der Waals surface area contributed by atoms with Crippen LogP contribution < -0.4 is 11.3 Å². The number of anilines is 1. The van der Waals surface area contributed by atoms with Crippen LogP contribution >= 0.6 is 0 Å². The highest BCUT2D eigenvalue weighted by Gasteiger charge is 2.36. The summed E-state index contributed by atoms with van der Waals surface area (Å²) in [7, 11) is 0. The van der Waals surface area contributed by atoms with Crippen LogP contribution in [0.4, 0.5) is 18.9 Å². The van der Waals surface area contributed by atoms with Crippen molar-refractivity contribution >= 4 is 27.4 Å². The Labute approximate surface area is 118 Å². The average molecular weight is 291 g/mol. The van der Waals surface area contributed by atoms with Gasteiger partial charge in [0.25, 0.3) is 0 Å². The van der Waals surface area contributed by atoms with E-state index >= 15 is 0 Å². The van der Waals surface area contributed by atoms with Gasteiger partial charge < -0.3 is 5.43 Å². The highest BCUT2D eigenvalue weighted by molar-refractivity contribution is 6.09. The maximum atomic E-state index is 13.2. The molecule has 6 heteroatoms. The number of pyridine rings is 1. The van der Waals surface area contributed by atoms with Crippen molar-refractivity contribution in [1.29, 1.82) is 0 Å². The largest absolute Gasteiger partial charge is 0.433 e. The van der Waals surface area contributed by atoms with Crippen LogP contribution in [0.1, 0.15) is 11.3 Å². The standard InChI is InChI=1S/C15H12F3N3/c1-8-12(21-19)11-7-6-9-4-2-3-5-10(9)13(11)20-14(8)15(16,17)18/h2-7H,19H2,1H3,(H,20,21). The Bertz CT molecular complexity index is 841. The van der Waals surface area contributed by atoms with Gasteiger partial charge in [0, 0.05) is 16.3 Å². The zero-order valence-electron chi connectivity index (χ0n) is 11.1. The molecule has 0 aliphatic carbocycles. The first kappa shape index (κ1) is 13.6. The van der Waals surface area contributed by atoms with Crippen LogP contribution in [0.25, 0.3) is 21.7 Å². The minimum absolute atomic E-state index is 0.00668. The number of hydrogen-bond donors (Lipinski definition) is 2. The molecular weight excluding hydrogens is 279 g/mol. The van der Waals surface area contributed by atoms with Crippen LogP contribution in [-0.4, -0.2) is 4.98 Å². The Balaban J connectivity index is 2.53. The van der Waals surface area contributed by atoms with Gasteiger partial charge in [0.15, 0.2) is 0 Å². The molecule has 2 aromatic carbocycles. The Morgan fingerprint density at radius 1 is 1.05 bits per heavy atom. The van der Waals surface area contributed by atoms with Gasteiger partial charge in [-0.15, -0.1) is 0 Å². The van der Waals surface area contributed by atoms with Crippen LogP contribution in [0.3, 0.4) is 0 Å². The molecule has 0 fully saturated rings. The van der Waals surface area contributed by atoms with E-state index in [-0.39, 0.29) is 11.3 Å². The molecule has 3 N–H and O–H groups in total. The van der Waals surface area contributed by atoms with E-state index in [0.717, 1.165) is 5.39 Å². The number of fused-ring (bicyclic) bond motifs is 3. The molecule has 0 saturated carbocycles. The second-order valence-corrected chi connectivity index (χ2v) is 4.79. The molecule has 3 aromatic rings. The maximum absolute atomic E-state index is 13.2. The van der Waals surface area contributed by atoms with Crippen LogP contribution in [0, 0.1) is 6.92 Å². The number of hydrazine groups is 1. The molecule has 0 saturated heterocycles. The molecule has 1 aromatic heterocycles. The lowest BCUT2D eigenvalue weighted by Crippen LogP contribution is -2.16. The summed E-state index contributed by atoms with van der Waals surface area (Å²) >= 11 is 0. The predicted molar refractivity (Wildman–Crippen MR) is 76.8 cm³/mol. The van der Waals surface area contributed by atoms with E-state index < -0.39 is 11.9 Å². The van der Waals surface area contributed by atoms with Crippen molar-refractivity contribution in [2.75, 3.05) is 5.43 Å². The predicted octanol–water partition coefficient (Wildman–Crippen LogP) is 4.00. The summed E-state index contributed by atoms with van der Waals surface area (Å²) in [6, 6.07) is 10.8. The van der Waals surface area contributed by atoms with E-state index in [1.807, 2.05) is 18.2 Å². The van der Waals surface area contributed by atoms with Crippen molar-refractivity contribution in [3.63, 3.8) is 0 Å². The van der Waals surface area contributed by atoms with Gasteiger partial charge in [-0.1, -0.05) is 36.4 Å². The van der Waals surface area contributed by atoms with Gasteiger partial charge in [-0.3, -0.25) is 5.84 Å². The number of aromatic nitrogens is 1. The van der Waals surface area contributed by atoms with Crippen molar-refractivity contribution in [2.24, 2.45) is 5.84 Å². The zero-order chi connectivity index (χ0) is 15.2. The summed E-state index contributed by atoms with van der Waals surface area (Å²) in [6.45, 7) is 1.36. The first-order valence-electron chi connectivity index (χ1n) is 6.29. The normalized spacial score (nSPS) is 12.0. The summed E-state index contributed by atoms with van der Waals surface area (Å²) in [5, 5.41) is 2.07. The molecule has 0 radical (unpaired) electrons. The van der Waals surface area contributed by atoms with Gasteiger partial charge in [0.05, 0.1) is 11.2 Å². The molecule has 0 bridgehead atoms. The molecule has 0 spiro atoms. The minimum Gasteiger partial charge on any atom is -0.323 e. The van der Waals surface area contributed by atoms with Gasteiger partial charge in [0.1, 0.15) is 5.69 Å². The first-order valence-corrected chi connectivity index (χ1v) is 6.29. The van der Waals surface area contributed by atoms with Crippen LogP contribution in [-0.2, 0) is 6.18 Å². The summed E-state index contributed by atoms with van der Waals surface area (Å²) in [4.78, 5) is 3.86. The molecule has 1 heterocycles. The third kappa shape index (κ3) is 2.08. The van der Waals surface area contributed by atoms with Crippen LogP contribution in [0.5, 0.6) is 0 Å². The number of nitrogens with two attached hydrogens (primary N) is 1. The lowest BCUT2D eigenvalue weighted by Gasteiger charge is -2.16. The van der Waals surface area contributed by atoms with E-state index in [0.29, 0.717) is 16.3 Å². The summed E-state index contributed by atoms with van der Waals surface area (Å²) in [6.07, 6.45) is -4.53. The Kier molecular flexibility index (Phi) is 2.98. The highest BCUT2D eigenvalue weighted by atomic mass is 19.4. The van der Waals surface area contributed by atoms with Crippen molar-refractivity contribution in [3.05, 3.63) is 47.7 Å². The van der Waals surface area contributed by atoms with E-state index in [1.165, 1.54) is 6.92 Å². The number of rotatable bonds is 1. The first-order chi connectivity index (χ1) is 9.93. The van der Waals surface area contributed by atoms with Crippen molar-refractivity contribution in [2.45, 2.75) is 13.1 Å². The SMILES string of the molecule is Cc1c(C(F)(F)F)nc2c(ccc3ccccc32)c1NN. The number of nitrogens with zero attached hydrogens (tertiary/aromatic N) is 1. The molecular formula is C15H12F3N3. The van der Waals surface area contributed by atoms with Crippen molar-refractivity contribution in [1.82, 2.24) is 4.98 Å². The maximum Gasteiger partial charge on any atom is 0.433 e. The Morgan fingerprint density at radius 3 is 2.43 bits per heavy atom. The molecule has 0 atom stereocenters. The Morgan fingerprint density at radius 2 is 1.76 bits per heavy atom. The van der Waals surface area contributed by atoms with Gasteiger partial charge in [-0.2, -0.15) is 13.2 Å². The lowest BCUT2D eigenvalue weighted by molar-refractivity contribution is -0.141. The second-order valence-electron chi connectivity index (χ2n) is 4.79. The molecule has 0 unspecified atom stereocenters. The van der Waals surface area contributed by atoms with E-state index in [1.54, 1.807) is 18.2 Å². The van der Waals surface area contributed by atoms with Crippen molar-refractivity contribution < 1.29 is 13.2 Å². The monoisotopic (exact) mass is 291 g/mol. The third-order valence-corrected chi connectivity index (χ3v) is 3.54. The topological polar surface area (TPSA) is 50.9 Å². The van der Waals surface area contributed by atoms with Crippen LogP contribution in [0.2, 0.25) is 0 Å². The lowest BCUT2D eigenvalue weighted by atomic mass is 10.0. The number of benzene rings is 2. The molecule has 3 nitrogen and oxygen atoms in total. The summed E-state index contributed by atoms with van der Waals surface area (Å²) < 4.78 is 39.5. The molecule has 0 aliphatic heterocycles.